The molecule has 0 aromatic heterocycles. The van der Waals surface area contributed by atoms with Crippen molar-refractivity contribution in [2.75, 3.05) is 20.8 Å². The third-order valence-electron chi connectivity index (χ3n) is 3.51. The Hall–Kier alpha value is -2.69. The lowest BCUT2D eigenvalue weighted by Gasteiger charge is -2.13. The molecule has 1 N–H and O–H groups in total. The van der Waals surface area contributed by atoms with Gasteiger partial charge in [0.1, 0.15) is 23.9 Å². The molecule has 24 heavy (non-hydrogen) atoms. The molecule has 0 aliphatic rings. The van der Waals surface area contributed by atoms with Gasteiger partial charge in [-0.1, -0.05) is 13.0 Å². The van der Waals surface area contributed by atoms with E-state index in [-0.39, 0.29) is 5.91 Å². The Bertz CT molecular complexity index is 685. The van der Waals surface area contributed by atoms with Gasteiger partial charge in [-0.3, -0.25) is 4.79 Å². The molecule has 128 valence electrons. The summed E-state index contributed by atoms with van der Waals surface area (Å²) in [6, 6.07) is 12.7. The van der Waals surface area contributed by atoms with Crippen LogP contribution in [0, 0.1) is 0 Å². The van der Waals surface area contributed by atoms with Crippen LogP contribution >= 0.6 is 0 Å². The van der Waals surface area contributed by atoms with E-state index in [1.54, 1.807) is 32.4 Å². The summed E-state index contributed by atoms with van der Waals surface area (Å²) in [5, 5.41) is 2.87. The SMILES string of the molecule is CCCNC(=O)c1ccc(OC)c(COc2cccc(OC)c2)c1. The van der Waals surface area contributed by atoms with Crippen molar-refractivity contribution in [1.82, 2.24) is 5.32 Å². The molecule has 0 unspecified atom stereocenters. The van der Waals surface area contributed by atoms with Crippen molar-refractivity contribution >= 4 is 5.91 Å². The first-order valence-electron chi connectivity index (χ1n) is 7.90. The largest absolute Gasteiger partial charge is 0.497 e. The summed E-state index contributed by atoms with van der Waals surface area (Å²) < 4.78 is 16.3. The summed E-state index contributed by atoms with van der Waals surface area (Å²) in [5.74, 6) is 2.01. The molecule has 0 saturated carbocycles. The molecule has 0 saturated heterocycles. The van der Waals surface area contributed by atoms with Crippen molar-refractivity contribution in [2.24, 2.45) is 0 Å². The van der Waals surface area contributed by atoms with Gasteiger partial charge in [0.25, 0.3) is 5.91 Å². The Labute approximate surface area is 142 Å². The summed E-state index contributed by atoms with van der Waals surface area (Å²) in [4.78, 5) is 12.1. The summed E-state index contributed by atoms with van der Waals surface area (Å²) in [6.07, 6.45) is 0.897. The number of amides is 1. The number of hydrogen-bond acceptors (Lipinski definition) is 4. The van der Waals surface area contributed by atoms with Gasteiger partial charge < -0.3 is 19.5 Å². The van der Waals surface area contributed by atoms with Gasteiger partial charge in [-0.15, -0.1) is 0 Å². The van der Waals surface area contributed by atoms with Gasteiger partial charge in [0.05, 0.1) is 14.2 Å². The maximum atomic E-state index is 12.1. The first kappa shape index (κ1) is 17.7. The molecule has 2 aromatic rings. The van der Waals surface area contributed by atoms with E-state index in [1.165, 1.54) is 0 Å². The summed E-state index contributed by atoms with van der Waals surface area (Å²) in [7, 11) is 3.21. The summed E-state index contributed by atoms with van der Waals surface area (Å²) >= 11 is 0. The van der Waals surface area contributed by atoms with Crippen LogP contribution < -0.4 is 19.5 Å². The average Bonchev–Trinajstić information content (AvgIpc) is 2.64. The Morgan fingerprint density at radius 3 is 2.54 bits per heavy atom. The van der Waals surface area contributed by atoms with Crippen molar-refractivity contribution in [3.63, 3.8) is 0 Å². The fraction of sp³-hybridized carbons (Fsp3) is 0.316. The normalized spacial score (nSPS) is 10.1. The quantitative estimate of drug-likeness (QED) is 0.806. The van der Waals surface area contributed by atoms with Crippen molar-refractivity contribution in [3.8, 4) is 17.2 Å². The van der Waals surface area contributed by atoms with Crippen molar-refractivity contribution in [2.45, 2.75) is 20.0 Å². The molecule has 5 nitrogen and oxygen atoms in total. The Morgan fingerprint density at radius 1 is 1.04 bits per heavy atom. The van der Waals surface area contributed by atoms with Gasteiger partial charge in [0.2, 0.25) is 0 Å². The van der Waals surface area contributed by atoms with Crippen molar-refractivity contribution in [3.05, 3.63) is 53.6 Å². The number of nitrogens with one attached hydrogen (secondary N) is 1. The van der Waals surface area contributed by atoms with E-state index in [0.717, 1.165) is 17.7 Å². The number of ether oxygens (including phenoxy) is 3. The number of carbonyl (C=O) groups excluding carboxylic acids is 1. The van der Waals surface area contributed by atoms with Gasteiger partial charge >= 0.3 is 0 Å². The molecule has 0 fully saturated rings. The topological polar surface area (TPSA) is 56.8 Å². The highest BCUT2D eigenvalue weighted by Gasteiger charge is 2.10. The van der Waals surface area contributed by atoms with Gasteiger partial charge in [-0.2, -0.15) is 0 Å². The number of methoxy groups -OCH3 is 2. The number of carbonyl (C=O) groups is 1. The van der Waals surface area contributed by atoms with Crippen LogP contribution in [0.2, 0.25) is 0 Å². The van der Waals surface area contributed by atoms with Gasteiger partial charge in [0.15, 0.2) is 0 Å². The van der Waals surface area contributed by atoms with Gasteiger partial charge in [-0.25, -0.2) is 0 Å². The highest BCUT2D eigenvalue weighted by molar-refractivity contribution is 5.94. The second-order valence-electron chi connectivity index (χ2n) is 5.25. The highest BCUT2D eigenvalue weighted by Crippen LogP contribution is 2.24. The molecule has 0 spiro atoms. The summed E-state index contributed by atoms with van der Waals surface area (Å²) in [6.45, 7) is 2.97. The van der Waals surface area contributed by atoms with E-state index in [9.17, 15) is 4.79 Å². The first-order chi connectivity index (χ1) is 11.7. The van der Waals surface area contributed by atoms with Crippen LogP contribution in [0.3, 0.4) is 0 Å². The molecule has 0 heterocycles. The minimum atomic E-state index is -0.0952. The zero-order chi connectivity index (χ0) is 17.4. The molecule has 1 amide bonds. The van der Waals surface area contributed by atoms with E-state index in [0.29, 0.717) is 30.2 Å². The predicted molar refractivity (Wildman–Crippen MR) is 92.9 cm³/mol. The highest BCUT2D eigenvalue weighted by atomic mass is 16.5. The maximum absolute atomic E-state index is 12.1. The molecule has 0 bridgehead atoms. The van der Waals surface area contributed by atoms with Crippen LogP contribution in [0.4, 0.5) is 0 Å². The first-order valence-corrected chi connectivity index (χ1v) is 7.90. The standard InChI is InChI=1S/C19H23NO4/c1-4-10-20-19(21)14-8-9-18(23-3)15(11-14)13-24-17-7-5-6-16(12-17)22-2/h5-9,11-12H,4,10,13H2,1-3H3,(H,20,21). The molecule has 0 radical (unpaired) electrons. The van der Waals surface area contributed by atoms with Crippen LogP contribution in [0.25, 0.3) is 0 Å². The van der Waals surface area contributed by atoms with Crippen LogP contribution in [0.15, 0.2) is 42.5 Å². The molecule has 0 atom stereocenters. The van der Waals surface area contributed by atoms with Crippen LogP contribution in [0.1, 0.15) is 29.3 Å². The van der Waals surface area contributed by atoms with Gasteiger partial charge in [0, 0.05) is 23.7 Å². The fourth-order valence-electron chi connectivity index (χ4n) is 2.23. The molecule has 5 heteroatoms. The van der Waals surface area contributed by atoms with E-state index >= 15 is 0 Å². The predicted octanol–water partition coefficient (Wildman–Crippen LogP) is 3.42. The lowest BCUT2D eigenvalue weighted by molar-refractivity contribution is 0.0953. The zero-order valence-electron chi connectivity index (χ0n) is 14.3. The Morgan fingerprint density at radius 2 is 1.83 bits per heavy atom. The maximum Gasteiger partial charge on any atom is 0.251 e. The third-order valence-corrected chi connectivity index (χ3v) is 3.51. The van der Waals surface area contributed by atoms with E-state index in [1.807, 2.05) is 31.2 Å². The third kappa shape index (κ3) is 4.65. The van der Waals surface area contributed by atoms with Crippen molar-refractivity contribution in [1.29, 1.82) is 0 Å². The fourth-order valence-corrected chi connectivity index (χ4v) is 2.23. The monoisotopic (exact) mass is 329 g/mol. The molecule has 2 rings (SSSR count). The number of rotatable bonds is 8. The lowest BCUT2D eigenvalue weighted by Crippen LogP contribution is -2.24. The lowest BCUT2D eigenvalue weighted by atomic mass is 10.1. The smallest absolute Gasteiger partial charge is 0.251 e. The van der Waals surface area contributed by atoms with E-state index in [2.05, 4.69) is 5.32 Å². The minimum Gasteiger partial charge on any atom is -0.497 e. The number of benzene rings is 2. The minimum absolute atomic E-state index is 0.0952. The second kappa shape index (κ2) is 8.82. The molecule has 0 aliphatic carbocycles. The summed E-state index contributed by atoms with van der Waals surface area (Å²) in [5.41, 5.74) is 1.40. The molecule has 0 aliphatic heterocycles. The van der Waals surface area contributed by atoms with Gasteiger partial charge in [-0.05, 0) is 36.8 Å². The van der Waals surface area contributed by atoms with E-state index in [4.69, 9.17) is 14.2 Å². The Balaban J connectivity index is 2.13. The average molecular weight is 329 g/mol. The van der Waals surface area contributed by atoms with Crippen LogP contribution in [0.5, 0.6) is 17.2 Å². The Kier molecular flexibility index (Phi) is 6.49. The number of hydrogen-bond donors (Lipinski definition) is 1. The molecular weight excluding hydrogens is 306 g/mol. The molecular formula is C19H23NO4. The molecule has 2 aromatic carbocycles. The van der Waals surface area contributed by atoms with Crippen molar-refractivity contribution < 1.29 is 19.0 Å². The van der Waals surface area contributed by atoms with Crippen LogP contribution in [-0.2, 0) is 6.61 Å². The second-order valence-corrected chi connectivity index (χ2v) is 5.25. The van der Waals surface area contributed by atoms with E-state index < -0.39 is 0 Å². The zero-order valence-corrected chi connectivity index (χ0v) is 14.3. The van der Waals surface area contributed by atoms with Crippen LogP contribution in [-0.4, -0.2) is 26.7 Å².